The van der Waals surface area contributed by atoms with E-state index in [1.54, 1.807) is 0 Å². The molecule has 1 saturated heterocycles. The van der Waals surface area contributed by atoms with Gasteiger partial charge in [-0.25, -0.2) is 8.42 Å². The van der Waals surface area contributed by atoms with Crippen LogP contribution in [0.15, 0.2) is 30.3 Å². The minimum Gasteiger partial charge on any atom is -0.390 e. The molecule has 2 rings (SSSR count). The molecule has 0 bridgehead atoms. The molecule has 94 valence electrons. The quantitative estimate of drug-likeness (QED) is 0.842. The molecule has 1 aromatic rings. The highest BCUT2D eigenvalue weighted by Crippen LogP contribution is 2.19. The van der Waals surface area contributed by atoms with Gasteiger partial charge in [-0.2, -0.15) is 0 Å². The zero-order valence-corrected chi connectivity index (χ0v) is 10.6. The van der Waals surface area contributed by atoms with Gasteiger partial charge in [0.25, 0.3) is 0 Å². The Morgan fingerprint density at radius 2 is 1.94 bits per heavy atom. The molecule has 0 spiro atoms. The van der Waals surface area contributed by atoms with Gasteiger partial charge in [0.05, 0.1) is 23.7 Å². The van der Waals surface area contributed by atoms with Crippen molar-refractivity contribution in [3.8, 4) is 0 Å². The zero-order valence-electron chi connectivity index (χ0n) is 9.78. The molecule has 0 aromatic heterocycles. The van der Waals surface area contributed by atoms with E-state index in [0.717, 1.165) is 5.56 Å². The molecular formula is C12H17NO3S. The van der Waals surface area contributed by atoms with Crippen molar-refractivity contribution in [2.75, 3.05) is 18.6 Å². The minimum absolute atomic E-state index is 0.0531. The number of nitrogens with zero attached hydrogens (tertiary/aromatic N) is 1. The molecule has 0 aliphatic carbocycles. The third-order valence-electron chi connectivity index (χ3n) is 3.13. The Morgan fingerprint density at radius 3 is 2.47 bits per heavy atom. The summed E-state index contributed by atoms with van der Waals surface area (Å²) < 4.78 is 22.8. The fraction of sp³-hybridized carbons (Fsp3) is 0.500. The second kappa shape index (κ2) is 4.76. The minimum atomic E-state index is -3.07. The number of aliphatic hydroxyl groups is 1. The van der Waals surface area contributed by atoms with Crippen molar-refractivity contribution in [1.29, 1.82) is 0 Å². The molecule has 0 radical (unpaired) electrons. The van der Waals surface area contributed by atoms with Gasteiger partial charge in [0.1, 0.15) is 0 Å². The van der Waals surface area contributed by atoms with Crippen molar-refractivity contribution >= 4 is 9.84 Å². The van der Waals surface area contributed by atoms with Gasteiger partial charge in [0, 0.05) is 6.54 Å². The van der Waals surface area contributed by atoms with Gasteiger partial charge < -0.3 is 5.11 Å². The molecule has 2 atom stereocenters. The van der Waals surface area contributed by atoms with Gasteiger partial charge >= 0.3 is 0 Å². The number of hydrogen-bond acceptors (Lipinski definition) is 4. The topological polar surface area (TPSA) is 57.6 Å². The SMILES string of the molecule is CN(Cc1ccccc1)[C@H]1CS(=O)(=O)C[C@H]1O. The predicted molar refractivity (Wildman–Crippen MR) is 66.4 cm³/mol. The summed E-state index contributed by atoms with van der Waals surface area (Å²) in [5, 5.41) is 9.75. The molecule has 5 heteroatoms. The van der Waals surface area contributed by atoms with Crippen LogP contribution in [0.1, 0.15) is 5.56 Å². The van der Waals surface area contributed by atoms with E-state index in [0.29, 0.717) is 6.54 Å². The second-order valence-electron chi connectivity index (χ2n) is 4.61. The van der Waals surface area contributed by atoms with Gasteiger partial charge in [-0.3, -0.25) is 4.90 Å². The van der Waals surface area contributed by atoms with Crippen LogP contribution in [0.3, 0.4) is 0 Å². The summed E-state index contributed by atoms with van der Waals surface area (Å²) >= 11 is 0. The lowest BCUT2D eigenvalue weighted by atomic mass is 10.1. The van der Waals surface area contributed by atoms with Crippen LogP contribution >= 0.6 is 0 Å². The van der Waals surface area contributed by atoms with E-state index >= 15 is 0 Å². The molecule has 1 aliphatic rings. The molecule has 1 N–H and O–H groups in total. The van der Waals surface area contributed by atoms with Gasteiger partial charge in [0.2, 0.25) is 0 Å². The van der Waals surface area contributed by atoms with E-state index in [-0.39, 0.29) is 17.5 Å². The largest absolute Gasteiger partial charge is 0.390 e. The molecule has 17 heavy (non-hydrogen) atoms. The Hall–Kier alpha value is -0.910. The molecule has 1 heterocycles. The Bertz CT molecular complexity index is 472. The van der Waals surface area contributed by atoms with Crippen LogP contribution in [0.5, 0.6) is 0 Å². The van der Waals surface area contributed by atoms with Gasteiger partial charge in [-0.1, -0.05) is 30.3 Å². The van der Waals surface area contributed by atoms with Crippen LogP contribution in [0.25, 0.3) is 0 Å². The van der Waals surface area contributed by atoms with Gasteiger partial charge in [0.15, 0.2) is 9.84 Å². The summed E-state index contributed by atoms with van der Waals surface area (Å²) in [6.07, 6.45) is -0.770. The Balaban J connectivity index is 2.04. The molecule has 0 unspecified atom stereocenters. The Morgan fingerprint density at radius 1 is 1.29 bits per heavy atom. The van der Waals surface area contributed by atoms with Crippen molar-refractivity contribution in [1.82, 2.24) is 4.90 Å². The fourth-order valence-electron chi connectivity index (χ4n) is 2.22. The highest BCUT2D eigenvalue weighted by atomic mass is 32.2. The van der Waals surface area contributed by atoms with Crippen molar-refractivity contribution < 1.29 is 13.5 Å². The van der Waals surface area contributed by atoms with Crippen LogP contribution in [0.4, 0.5) is 0 Å². The predicted octanol–water partition coefficient (Wildman–Crippen LogP) is 0.276. The number of hydrogen-bond donors (Lipinski definition) is 1. The first kappa shape index (κ1) is 12.5. The third kappa shape index (κ3) is 3.06. The number of rotatable bonds is 3. The van der Waals surface area contributed by atoms with Gasteiger partial charge in [-0.15, -0.1) is 0 Å². The average Bonchev–Trinajstić information content (AvgIpc) is 2.54. The molecule has 4 nitrogen and oxygen atoms in total. The van der Waals surface area contributed by atoms with Crippen molar-refractivity contribution in [2.45, 2.75) is 18.7 Å². The molecule has 1 fully saturated rings. The highest BCUT2D eigenvalue weighted by Gasteiger charge is 2.38. The van der Waals surface area contributed by atoms with E-state index in [4.69, 9.17) is 0 Å². The lowest BCUT2D eigenvalue weighted by Crippen LogP contribution is -2.39. The Labute approximate surface area is 102 Å². The van der Waals surface area contributed by atoms with E-state index < -0.39 is 15.9 Å². The zero-order chi connectivity index (χ0) is 12.5. The summed E-state index contributed by atoms with van der Waals surface area (Å²) in [5.74, 6) is -0.0612. The van der Waals surface area contributed by atoms with Crippen LogP contribution < -0.4 is 0 Å². The van der Waals surface area contributed by atoms with Crippen molar-refractivity contribution in [2.24, 2.45) is 0 Å². The highest BCUT2D eigenvalue weighted by molar-refractivity contribution is 7.91. The maximum atomic E-state index is 11.4. The average molecular weight is 255 g/mol. The first-order valence-electron chi connectivity index (χ1n) is 5.60. The maximum Gasteiger partial charge on any atom is 0.154 e. The Kier molecular flexibility index (Phi) is 3.51. The van der Waals surface area contributed by atoms with E-state index in [1.807, 2.05) is 42.3 Å². The molecule has 0 saturated carbocycles. The van der Waals surface area contributed by atoms with Crippen LogP contribution in [0.2, 0.25) is 0 Å². The number of aliphatic hydroxyl groups excluding tert-OH is 1. The normalized spacial score (nSPS) is 27.5. The van der Waals surface area contributed by atoms with E-state index in [2.05, 4.69) is 0 Å². The smallest absolute Gasteiger partial charge is 0.154 e. The lowest BCUT2D eigenvalue weighted by Gasteiger charge is -2.25. The fourth-order valence-corrected chi connectivity index (χ4v) is 4.10. The molecule has 1 aromatic carbocycles. The monoisotopic (exact) mass is 255 g/mol. The standard InChI is InChI=1S/C12H17NO3S/c1-13(7-10-5-3-2-4-6-10)11-8-17(15,16)9-12(11)14/h2-6,11-12,14H,7-9H2,1H3/t11-,12+/m0/s1. The first-order valence-corrected chi connectivity index (χ1v) is 7.43. The van der Waals surface area contributed by atoms with Crippen LogP contribution in [-0.2, 0) is 16.4 Å². The second-order valence-corrected chi connectivity index (χ2v) is 6.77. The van der Waals surface area contributed by atoms with Crippen LogP contribution in [-0.4, -0.2) is 49.1 Å². The number of benzene rings is 1. The first-order chi connectivity index (χ1) is 7.98. The summed E-state index contributed by atoms with van der Waals surface area (Å²) in [6, 6.07) is 9.53. The lowest BCUT2D eigenvalue weighted by molar-refractivity contribution is 0.0958. The molecular weight excluding hydrogens is 238 g/mol. The summed E-state index contributed by atoms with van der Waals surface area (Å²) in [5.41, 5.74) is 1.12. The van der Waals surface area contributed by atoms with E-state index in [1.165, 1.54) is 0 Å². The van der Waals surface area contributed by atoms with Crippen LogP contribution in [0, 0.1) is 0 Å². The molecule has 0 amide bonds. The number of sulfone groups is 1. The third-order valence-corrected chi connectivity index (χ3v) is 4.83. The summed E-state index contributed by atoms with van der Waals surface area (Å²) in [4.78, 5) is 1.91. The number of likely N-dealkylation sites (N-methyl/N-ethyl adjacent to an activating group) is 1. The summed E-state index contributed by atoms with van der Waals surface area (Å²) in [6.45, 7) is 0.651. The van der Waals surface area contributed by atoms with Gasteiger partial charge in [-0.05, 0) is 12.6 Å². The molecule has 1 aliphatic heterocycles. The van der Waals surface area contributed by atoms with Crippen molar-refractivity contribution in [3.63, 3.8) is 0 Å². The van der Waals surface area contributed by atoms with Crippen molar-refractivity contribution in [3.05, 3.63) is 35.9 Å². The summed E-state index contributed by atoms with van der Waals surface area (Å²) in [7, 11) is -1.22. The maximum absolute atomic E-state index is 11.4. The van der Waals surface area contributed by atoms with E-state index in [9.17, 15) is 13.5 Å².